The number of hydrogen-bond acceptors (Lipinski definition) is 5. The molecule has 0 fully saturated rings. The Hall–Kier alpha value is -2.22. The molecule has 0 aromatic carbocycles. The zero-order valence-corrected chi connectivity index (χ0v) is 11.4. The molecule has 0 saturated heterocycles. The molecule has 1 aromatic heterocycles. The number of hydrogen-bond donors (Lipinski definition) is 3. The van der Waals surface area contributed by atoms with Crippen molar-refractivity contribution in [3.63, 3.8) is 0 Å². The molecule has 108 valence electrons. The van der Waals surface area contributed by atoms with Crippen molar-refractivity contribution in [3.8, 4) is 0 Å². The average Bonchev–Trinajstić information content (AvgIpc) is 2.94. The van der Waals surface area contributed by atoms with Crippen LogP contribution in [0, 0.1) is 0 Å². The molecule has 2 amide bonds. The molecule has 0 aliphatic heterocycles. The second-order valence-corrected chi connectivity index (χ2v) is 4.80. The molecular formula is C12H14N2O5S. The van der Waals surface area contributed by atoms with E-state index in [0.29, 0.717) is 4.88 Å². The largest absolute Gasteiger partial charge is 0.480 e. The Bertz CT molecular complexity index is 498. The minimum absolute atomic E-state index is 0.0110. The van der Waals surface area contributed by atoms with Gasteiger partial charge < -0.3 is 15.7 Å². The van der Waals surface area contributed by atoms with E-state index < -0.39 is 24.3 Å². The molecule has 3 N–H and O–H groups in total. The summed E-state index contributed by atoms with van der Waals surface area (Å²) in [6.07, 6.45) is 0.0615. The third-order valence-corrected chi connectivity index (χ3v) is 3.17. The lowest BCUT2D eigenvalue weighted by Crippen LogP contribution is -2.39. The van der Waals surface area contributed by atoms with Gasteiger partial charge in [-0.25, -0.2) is 0 Å². The van der Waals surface area contributed by atoms with Gasteiger partial charge in [-0.05, 0) is 11.4 Å². The van der Waals surface area contributed by atoms with E-state index in [1.54, 1.807) is 17.5 Å². The molecule has 0 spiro atoms. The highest BCUT2D eigenvalue weighted by Crippen LogP contribution is 2.11. The van der Waals surface area contributed by atoms with Crippen molar-refractivity contribution in [1.82, 2.24) is 10.6 Å². The van der Waals surface area contributed by atoms with E-state index in [-0.39, 0.29) is 25.2 Å². The Balaban J connectivity index is 2.19. The summed E-state index contributed by atoms with van der Waals surface area (Å²) in [6, 6.07) is 3.44. The lowest BCUT2D eigenvalue weighted by atomic mass is 10.2. The van der Waals surface area contributed by atoms with Gasteiger partial charge in [-0.15, -0.1) is 11.3 Å². The molecule has 7 nitrogen and oxygen atoms in total. The van der Waals surface area contributed by atoms with Gasteiger partial charge in [0.2, 0.25) is 11.8 Å². The number of ketones is 1. The van der Waals surface area contributed by atoms with Crippen LogP contribution in [0.4, 0.5) is 0 Å². The van der Waals surface area contributed by atoms with Gasteiger partial charge in [0.15, 0.2) is 5.78 Å². The third kappa shape index (κ3) is 6.10. The smallest absolute Gasteiger partial charge is 0.322 e. The number of amides is 2. The Labute approximate surface area is 119 Å². The van der Waals surface area contributed by atoms with Gasteiger partial charge >= 0.3 is 5.97 Å². The van der Waals surface area contributed by atoms with E-state index in [2.05, 4.69) is 10.6 Å². The normalized spacial score (nSPS) is 9.80. The van der Waals surface area contributed by atoms with Crippen molar-refractivity contribution in [2.24, 2.45) is 0 Å². The van der Waals surface area contributed by atoms with E-state index in [4.69, 9.17) is 5.11 Å². The molecule has 0 aliphatic carbocycles. The van der Waals surface area contributed by atoms with Crippen molar-refractivity contribution in [2.75, 3.05) is 13.1 Å². The maximum atomic E-state index is 11.6. The van der Waals surface area contributed by atoms with Crippen LogP contribution in [-0.4, -0.2) is 41.8 Å². The Kier molecular flexibility index (Phi) is 6.38. The number of thiophene rings is 1. The van der Waals surface area contributed by atoms with Crippen molar-refractivity contribution < 1.29 is 24.3 Å². The van der Waals surface area contributed by atoms with Crippen LogP contribution in [0.25, 0.3) is 0 Å². The minimum atomic E-state index is -1.16. The molecule has 20 heavy (non-hydrogen) atoms. The standard InChI is InChI=1S/C12H14N2O5S/c15-8(9-2-1-5-20-9)3-4-10(16)13-6-11(17)14-7-12(18)19/h1-2,5H,3-4,6-7H2,(H,13,16)(H,14,17)(H,18,19). The first kappa shape index (κ1) is 15.8. The molecule has 1 aromatic rings. The predicted molar refractivity (Wildman–Crippen MR) is 71.5 cm³/mol. The first-order chi connectivity index (χ1) is 9.49. The van der Waals surface area contributed by atoms with Crippen LogP contribution >= 0.6 is 11.3 Å². The predicted octanol–water partition coefficient (Wildman–Crippen LogP) is 0.0280. The molecular weight excluding hydrogens is 284 g/mol. The number of rotatable bonds is 8. The lowest BCUT2D eigenvalue weighted by Gasteiger charge is -2.04. The van der Waals surface area contributed by atoms with Gasteiger partial charge in [0.05, 0.1) is 11.4 Å². The number of carbonyl (C=O) groups excluding carboxylic acids is 3. The van der Waals surface area contributed by atoms with Crippen molar-refractivity contribution in [1.29, 1.82) is 0 Å². The average molecular weight is 298 g/mol. The van der Waals surface area contributed by atoms with Gasteiger partial charge in [0.25, 0.3) is 0 Å². The van der Waals surface area contributed by atoms with Gasteiger partial charge in [-0.1, -0.05) is 6.07 Å². The highest BCUT2D eigenvalue weighted by molar-refractivity contribution is 7.12. The number of nitrogens with one attached hydrogen (secondary N) is 2. The summed E-state index contributed by atoms with van der Waals surface area (Å²) in [5, 5.41) is 14.5. The summed E-state index contributed by atoms with van der Waals surface area (Å²) < 4.78 is 0. The minimum Gasteiger partial charge on any atom is -0.480 e. The highest BCUT2D eigenvalue weighted by atomic mass is 32.1. The maximum absolute atomic E-state index is 11.6. The van der Waals surface area contributed by atoms with E-state index in [1.165, 1.54) is 11.3 Å². The molecule has 0 aliphatic rings. The third-order valence-electron chi connectivity index (χ3n) is 2.26. The zero-order chi connectivity index (χ0) is 15.0. The second-order valence-electron chi connectivity index (χ2n) is 3.85. The maximum Gasteiger partial charge on any atom is 0.322 e. The topological polar surface area (TPSA) is 113 Å². The van der Waals surface area contributed by atoms with Crippen molar-refractivity contribution in [3.05, 3.63) is 22.4 Å². The van der Waals surface area contributed by atoms with Gasteiger partial charge in [-0.3, -0.25) is 19.2 Å². The van der Waals surface area contributed by atoms with Crippen LogP contribution in [0.1, 0.15) is 22.5 Å². The van der Waals surface area contributed by atoms with Crippen LogP contribution in [0.15, 0.2) is 17.5 Å². The van der Waals surface area contributed by atoms with E-state index in [1.807, 2.05) is 0 Å². The molecule has 0 unspecified atom stereocenters. The monoisotopic (exact) mass is 298 g/mol. The van der Waals surface area contributed by atoms with Gasteiger partial charge in [0, 0.05) is 12.8 Å². The summed E-state index contributed by atoms with van der Waals surface area (Å²) in [5.41, 5.74) is 0. The van der Waals surface area contributed by atoms with E-state index in [9.17, 15) is 19.2 Å². The molecule has 1 rings (SSSR count). The van der Waals surface area contributed by atoms with E-state index >= 15 is 0 Å². The van der Waals surface area contributed by atoms with Crippen molar-refractivity contribution >= 4 is 34.9 Å². The van der Waals surface area contributed by atoms with Crippen LogP contribution in [0.3, 0.4) is 0 Å². The van der Waals surface area contributed by atoms with Crippen LogP contribution in [0.2, 0.25) is 0 Å². The van der Waals surface area contributed by atoms with Crippen LogP contribution < -0.4 is 10.6 Å². The first-order valence-corrected chi connectivity index (χ1v) is 6.69. The molecule has 8 heteroatoms. The number of carboxylic acids is 1. The van der Waals surface area contributed by atoms with Crippen molar-refractivity contribution in [2.45, 2.75) is 12.8 Å². The first-order valence-electron chi connectivity index (χ1n) is 5.81. The number of carbonyl (C=O) groups is 4. The second kappa shape index (κ2) is 8.05. The highest BCUT2D eigenvalue weighted by Gasteiger charge is 2.11. The molecule has 0 bridgehead atoms. The zero-order valence-electron chi connectivity index (χ0n) is 10.5. The fourth-order valence-corrected chi connectivity index (χ4v) is 1.99. The summed E-state index contributed by atoms with van der Waals surface area (Å²) in [7, 11) is 0. The molecule has 0 radical (unpaired) electrons. The van der Waals surface area contributed by atoms with Gasteiger partial charge in [0.1, 0.15) is 6.54 Å². The number of aliphatic carboxylic acids is 1. The molecule has 1 heterocycles. The van der Waals surface area contributed by atoms with Crippen LogP contribution in [0.5, 0.6) is 0 Å². The number of Topliss-reactive ketones (excluding diaryl/α,β-unsaturated/α-hetero) is 1. The quantitative estimate of drug-likeness (QED) is 0.586. The fraction of sp³-hybridized carbons (Fsp3) is 0.333. The Morgan fingerprint density at radius 3 is 2.35 bits per heavy atom. The van der Waals surface area contributed by atoms with Gasteiger partial charge in [-0.2, -0.15) is 0 Å². The summed E-state index contributed by atoms with van der Waals surface area (Å²) in [6.45, 7) is -0.801. The fourth-order valence-electron chi connectivity index (χ4n) is 1.29. The molecule has 0 saturated carbocycles. The Morgan fingerprint density at radius 2 is 1.75 bits per heavy atom. The molecule has 0 atom stereocenters. The summed E-state index contributed by atoms with van der Waals surface area (Å²) >= 11 is 1.31. The summed E-state index contributed by atoms with van der Waals surface area (Å²) in [5.74, 6) is -2.30. The SMILES string of the molecule is O=C(O)CNC(=O)CNC(=O)CCC(=O)c1cccs1. The Morgan fingerprint density at radius 1 is 1.05 bits per heavy atom. The van der Waals surface area contributed by atoms with E-state index in [0.717, 1.165) is 0 Å². The van der Waals surface area contributed by atoms with Crippen LogP contribution in [-0.2, 0) is 14.4 Å². The summed E-state index contributed by atoms with van der Waals surface area (Å²) in [4.78, 5) is 44.9. The number of carboxylic acid groups (broad SMARTS) is 1. The lowest BCUT2D eigenvalue weighted by molar-refractivity contribution is -0.137.